The van der Waals surface area contributed by atoms with Crippen LogP contribution in [-0.4, -0.2) is 59.2 Å². The summed E-state index contributed by atoms with van der Waals surface area (Å²) in [6, 6.07) is 12.3. The summed E-state index contributed by atoms with van der Waals surface area (Å²) in [5, 5.41) is 18.2. The van der Waals surface area contributed by atoms with Crippen molar-refractivity contribution in [1.29, 1.82) is 0 Å². The van der Waals surface area contributed by atoms with E-state index in [2.05, 4.69) is 50.6 Å². The number of piperidine rings is 1. The first-order valence-corrected chi connectivity index (χ1v) is 11.4. The Hall–Kier alpha value is -3.72. The molecule has 0 aliphatic carbocycles. The molecule has 0 bridgehead atoms. The lowest BCUT2D eigenvalue weighted by Gasteiger charge is -2.28. The largest absolute Gasteiger partial charge is 0.320 e. The summed E-state index contributed by atoms with van der Waals surface area (Å²) < 4.78 is 5.74. The normalized spacial score (nSPS) is 15.6. The quantitative estimate of drug-likeness (QED) is 0.449. The third kappa shape index (κ3) is 3.95. The molecule has 168 valence electrons. The maximum Gasteiger partial charge on any atom is 0.247 e. The zero-order chi connectivity index (χ0) is 22.4. The zero-order valence-electron chi connectivity index (χ0n) is 18.9. The molecule has 1 aliphatic heterocycles. The van der Waals surface area contributed by atoms with Crippen molar-refractivity contribution in [2.24, 2.45) is 13.0 Å². The molecule has 1 fully saturated rings. The van der Waals surface area contributed by atoms with Gasteiger partial charge in [-0.1, -0.05) is 12.1 Å². The molecule has 1 N–H and O–H groups in total. The van der Waals surface area contributed by atoms with Crippen LogP contribution >= 0.6 is 0 Å². The number of fused-ring (bicyclic) bond motifs is 2. The van der Waals surface area contributed by atoms with Gasteiger partial charge in [0.05, 0.1) is 23.1 Å². The second-order valence-electron chi connectivity index (χ2n) is 9.02. The van der Waals surface area contributed by atoms with Crippen molar-refractivity contribution in [3.63, 3.8) is 0 Å². The van der Waals surface area contributed by atoms with Gasteiger partial charge in [-0.3, -0.25) is 9.36 Å². The van der Waals surface area contributed by atoms with Crippen LogP contribution in [0.25, 0.3) is 27.8 Å². The molecular formula is C24H27N9. The Bertz CT molecular complexity index is 1420. The lowest BCUT2D eigenvalue weighted by molar-refractivity contribution is 0.201. The third-order valence-corrected chi connectivity index (χ3v) is 6.45. The van der Waals surface area contributed by atoms with Crippen molar-refractivity contribution in [2.45, 2.75) is 19.4 Å². The van der Waals surface area contributed by atoms with Gasteiger partial charge in [-0.05, 0) is 63.2 Å². The van der Waals surface area contributed by atoms with Gasteiger partial charge in [0.15, 0.2) is 5.65 Å². The molecule has 5 aromatic rings. The van der Waals surface area contributed by atoms with Gasteiger partial charge in [-0.2, -0.15) is 15.2 Å². The number of aryl methyl sites for hydroxylation is 1. The number of nitrogens with one attached hydrogen (secondary N) is 1. The summed E-state index contributed by atoms with van der Waals surface area (Å²) in [5.74, 6) is 1.24. The molecule has 1 aromatic carbocycles. The number of rotatable bonds is 5. The maximum absolute atomic E-state index is 4.73. The van der Waals surface area contributed by atoms with E-state index in [1.165, 1.54) is 12.8 Å². The van der Waals surface area contributed by atoms with Gasteiger partial charge < -0.3 is 10.2 Å². The molecule has 0 spiro atoms. The minimum absolute atomic E-state index is 0.559. The smallest absolute Gasteiger partial charge is 0.247 e. The standard InChI is InChI=1S/C24H27N9/c1-30-10-8-17(9-11-30)14-32-16-20(13-25-32)26-24-27-23-5-3-4-22(33(23)29-24)18-6-7-21-19(12-18)15-31(2)28-21/h3-7,12-13,15-17H,8-11,14H2,1-2H3,(H,26,29). The van der Waals surface area contributed by atoms with Crippen molar-refractivity contribution >= 4 is 28.2 Å². The molecule has 9 nitrogen and oxygen atoms in total. The van der Waals surface area contributed by atoms with E-state index in [4.69, 9.17) is 5.10 Å². The van der Waals surface area contributed by atoms with E-state index in [1.54, 1.807) is 0 Å². The summed E-state index contributed by atoms with van der Waals surface area (Å²) in [4.78, 5) is 7.07. The molecular weight excluding hydrogens is 414 g/mol. The van der Waals surface area contributed by atoms with Crippen molar-refractivity contribution in [3.8, 4) is 11.3 Å². The van der Waals surface area contributed by atoms with Crippen molar-refractivity contribution in [1.82, 2.24) is 39.1 Å². The van der Waals surface area contributed by atoms with Gasteiger partial charge in [0.1, 0.15) is 0 Å². The number of hydrogen-bond donors (Lipinski definition) is 1. The van der Waals surface area contributed by atoms with Crippen LogP contribution in [0.4, 0.5) is 11.6 Å². The van der Waals surface area contributed by atoms with Gasteiger partial charge >= 0.3 is 0 Å². The number of aromatic nitrogens is 7. The van der Waals surface area contributed by atoms with Crippen LogP contribution in [0.1, 0.15) is 12.8 Å². The molecule has 9 heteroatoms. The van der Waals surface area contributed by atoms with E-state index < -0.39 is 0 Å². The minimum atomic E-state index is 0.559. The Morgan fingerprint density at radius 2 is 1.91 bits per heavy atom. The first-order chi connectivity index (χ1) is 16.1. The Kier molecular flexibility index (Phi) is 4.83. The van der Waals surface area contributed by atoms with E-state index in [0.717, 1.165) is 53.1 Å². The van der Waals surface area contributed by atoms with Crippen LogP contribution in [0.3, 0.4) is 0 Å². The summed E-state index contributed by atoms with van der Waals surface area (Å²) in [6.45, 7) is 3.28. The second kappa shape index (κ2) is 8.00. The van der Waals surface area contributed by atoms with Crippen LogP contribution in [0.5, 0.6) is 0 Å². The number of nitrogens with zero attached hydrogens (tertiary/aromatic N) is 8. The Labute approximate surface area is 191 Å². The van der Waals surface area contributed by atoms with Crippen LogP contribution in [-0.2, 0) is 13.6 Å². The fraction of sp³-hybridized carbons (Fsp3) is 0.333. The molecule has 5 heterocycles. The van der Waals surface area contributed by atoms with Gasteiger partial charge in [0, 0.05) is 36.9 Å². The number of likely N-dealkylation sites (tertiary alicyclic amines) is 1. The highest BCUT2D eigenvalue weighted by atomic mass is 15.4. The monoisotopic (exact) mass is 441 g/mol. The lowest BCUT2D eigenvalue weighted by Crippen LogP contribution is -2.31. The van der Waals surface area contributed by atoms with Gasteiger partial charge in [-0.15, -0.1) is 5.10 Å². The molecule has 1 aliphatic rings. The Balaban J connectivity index is 1.23. The molecule has 0 radical (unpaired) electrons. The highest BCUT2D eigenvalue weighted by Gasteiger charge is 2.17. The Morgan fingerprint density at radius 1 is 1.03 bits per heavy atom. The zero-order valence-corrected chi connectivity index (χ0v) is 18.9. The van der Waals surface area contributed by atoms with Crippen LogP contribution < -0.4 is 5.32 Å². The van der Waals surface area contributed by atoms with Crippen molar-refractivity contribution in [2.75, 3.05) is 25.5 Å². The first kappa shape index (κ1) is 19.9. The molecule has 0 atom stereocenters. The maximum atomic E-state index is 4.73. The van der Waals surface area contributed by atoms with Crippen LogP contribution in [0.15, 0.2) is 55.0 Å². The highest BCUT2D eigenvalue weighted by molar-refractivity contribution is 5.83. The fourth-order valence-electron chi connectivity index (χ4n) is 4.65. The molecule has 1 saturated heterocycles. The predicted molar refractivity (Wildman–Crippen MR) is 128 cm³/mol. The number of benzene rings is 1. The molecule has 0 unspecified atom stereocenters. The first-order valence-electron chi connectivity index (χ1n) is 11.4. The molecule has 0 amide bonds. The summed E-state index contributed by atoms with van der Waals surface area (Å²) in [7, 11) is 4.13. The summed E-state index contributed by atoms with van der Waals surface area (Å²) in [6.07, 6.45) is 8.36. The Morgan fingerprint density at radius 3 is 2.79 bits per heavy atom. The third-order valence-electron chi connectivity index (χ3n) is 6.45. The van der Waals surface area contributed by atoms with E-state index in [9.17, 15) is 0 Å². The van der Waals surface area contributed by atoms with Crippen LogP contribution in [0.2, 0.25) is 0 Å². The highest BCUT2D eigenvalue weighted by Crippen LogP contribution is 2.25. The fourth-order valence-corrected chi connectivity index (χ4v) is 4.65. The topological polar surface area (TPSA) is 81.1 Å². The molecule has 4 aromatic heterocycles. The summed E-state index contributed by atoms with van der Waals surface area (Å²) in [5.41, 5.74) is 4.73. The SMILES string of the molecule is CN1CCC(Cn2cc(Nc3nc4cccc(-c5ccc6nn(C)cc6c5)n4n3)cn2)CC1. The van der Waals surface area contributed by atoms with E-state index in [0.29, 0.717) is 11.9 Å². The number of anilines is 2. The van der Waals surface area contributed by atoms with Gasteiger partial charge in [-0.25, -0.2) is 4.52 Å². The molecule has 33 heavy (non-hydrogen) atoms. The van der Waals surface area contributed by atoms with Crippen LogP contribution in [0, 0.1) is 5.92 Å². The van der Waals surface area contributed by atoms with Crippen molar-refractivity contribution < 1.29 is 0 Å². The molecule has 0 saturated carbocycles. The predicted octanol–water partition coefficient (Wildman–Crippen LogP) is 3.56. The van der Waals surface area contributed by atoms with Gasteiger partial charge in [0.2, 0.25) is 5.95 Å². The van der Waals surface area contributed by atoms with E-state index in [-0.39, 0.29) is 0 Å². The average Bonchev–Trinajstić information content (AvgIpc) is 3.52. The van der Waals surface area contributed by atoms with E-state index in [1.807, 2.05) is 57.7 Å². The van der Waals surface area contributed by atoms with E-state index >= 15 is 0 Å². The summed E-state index contributed by atoms with van der Waals surface area (Å²) >= 11 is 0. The van der Waals surface area contributed by atoms with Gasteiger partial charge in [0.25, 0.3) is 0 Å². The number of hydrogen-bond acceptors (Lipinski definition) is 6. The van der Waals surface area contributed by atoms with Crippen molar-refractivity contribution in [3.05, 3.63) is 55.0 Å². The second-order valence-corrected chi connectivity index (χ2v) is 9.02. The molecule has 6 rings (SSSR count). The number of pyridine rings is 1. The average molecular weight is 442 g/mol. The minimum Gasteiger partial charge on any atom is -0.320 e. The lowest BCUT2D eigenvalue weighted by atomic mass is 9.97.